The van der Waals surface area contributed by atoms with E-state index >= 15 is 0 Å². The fraction of sp³-hybridized carbons (Fsp3) is 0.444. The normalized spacial score (nSPS) is 25.8. The first-order valence-electron chi connectivity index (χ1n) is 4.32. The average molecular weight is 202 g/mol. The number of hydrogen-bond acceptors (Lipinski definition) is 2. The molecule has 3 N–H and O–H groups in total. The number of nitrogens with one attached hydrogen (secondary N) is 1. The highest BCUT2D eigenvalue weighted by atomic mass is 19.1. The largest absolute Gasteiger partial charge is 0.354 e. The zero-order chi connectivity index (χ0) is 10.6. The zero-order valence-electron chi connectivity index (χ0n) is 7.54. The van der Waals surface area contributed by atoms with Crippen molar-refractivity contribution in [2.75, 3.05) is 13.1 Å². The van der Waals surface area contributed by atoms with Crippen LogP contribution < -0.4 is 11.1 Å². The molecule has 2 atom stereocenters. The van der Waals surface area contributed by atoms with Crippen molar-refractivity contribution in [3.63, 3.8) is 0 Å². The minimum absolute atomic E-state index is 0.294. The summed E-state index contributed by atoms with van der Waals surface area (Å²) in [7, 11) is 0. The van der Waals surface area contributed by atoms with Gasteiger partial charge in [-0.25, -0.2) is 8.78 Å². The van der Waals surface area contributed by atoms with Crippen LogP contribution in [0.4, 0.5) is 8.78 Å². The highest BCUT2D eigenvalue weighted by Crippen LogP contribution is 2.20. The second-order valence-electron chi connectivity index (χ2n) is 2.96. The Balaban J connectivity index is 2.54. The van der Waals surface area contributed by atoms with Crippen LogP contribution in [0.1, 0.15) is 0 Å². The Labute approximate surface area is 80.7 Å². The predicted molar refractivity (Wildman–Crippen MR) is 48.8 cm³/mol. The predicted octanol–water partition coefficient (Wildman–Crippen LogP) is 0.439. The molecule has 14 heavy (non-hydrogen) atoms. The molecule has 2 unspecified atom stereocenters. The van der Waals surface area contributed by atoms with Crippen molar-refractivity contribution in [2.24, 2.45) is 11.7 Å². The van der Waals surface area contributed by atoms with Gasteiger partial charge in [-0.1, -0.05) is 6.08 Å². The molecule has 0 heterocycles. The molecule has 3 nitrogen and oxygen atoms in total. The Kier molecular flexibility index (Phi) is 3.76. The Morgan fingerprint density at radius 1 is 1.64 bits per heavy atom. The van der Waals surface area contributed by atoms with Gasteiger partial charge < -0.3 is 11.1 Å². The molecule has 1 aliphatic carbocycles. The van der Waals surface area contributed by atoms with Crippen molar-refractivity contribution in [1.82, 2.24) is 5.32 Å². The first-order valence-corrected chi connectivity index (χ1v) is 4.32. The third kappa shape index (κ3) is 2.63. The number of carbonyl (C=O) groups excluding carboxylic acids is 1. The van der Waals surface area contributed by atoms with Gasteiger partial charge in [-0.3, -0.25) is 4.79 Å². The van der Waals surface area contributed by atoms with E-state index in [1.807, 2.05) is 0 Å². The first-order chi connectivity index (χ1) is 6.65. The number of amides is 1. The Bertz CT molecular complexity index is 276. The summed E-state index contributed by atoms with van der Waals surface area (Å²) >= 11 is 0. The highest BCUT2D eigenvalue weighted by Gasteiger charge is 2.26. The molecule has 1 aliphatic rings. The minimum atomic E-state index is -1.60. The number of alkyl halides is 1. The molecule has 0 spiro atoms. The molecule has 5 heteroatoms. The number of carbonyl (C=O) groups is 1. The number of hydrogen-bond donors (Lipinski definition) is 2. The molecular weight excluding hydrogens is 190 g/mol. The van der Waals surface area contributed by atoms with E-state index < -0.39 is 23.8 Å². The standard InChI is InChI=1S/C9H12F2N2O/c10-6-1-2-7(8(11)5-6)9(14)13-4-3-12/h1-2,5,7-8H,3-4,12H2,(H,13,14). The van der Waals surface area contributed by atoms with E-state index in [9.17, 15) is 13.6 Å². The molecule has 0 aromatic rings. The summed E-state index contributed by atoms with van der Waals surface area (Å²) in [4.78, 5) is 11.3. The van der Waals surface area contributed by atoms with Crippen molar-refractivity contribution in [1.29, 1.82) is 0 Å². The summed E-state index contributed by atoms with van der Waals surface area (Å²) in [6.07, 6.45) is 1.49. The van der Waals surface area contributed by atoms with Gasteiger partial charge in [-0.05, 0) is 12.2 Å². The van der Waals surface area contributed by atoms with Crippen LogP contribution in [0.2, 0.25) is 0 Å². The molecule has 1 rings (SSSR count). The van der Waals surface area contributed by atoms with Crippen LogP contribution in [-0.4, -0.2) is 25.2 Å². The maximum absolute atomic E-state index is 13.1. The molecular formula is C9H12F2N2O. The molecule has 0 bridgehead atoms. The van der Waals surface area contributed by atoms with Gasteiger partial charge in [0.1, 0.15) is 12.0 Å². The highest BCUT2D eigenvalue weighted by molar-refractivity contribution is 5.81. The van der Waals surface area contributed by atoms with Crippen LogP contribution in [0.3, 0.4) is 0 Å². The quantitative estimate of drug-likeness (QED) is 0.697. The Morgan fingerprint density at radius 2 is 2.36 bits per heavy atom. The fourth-order valence-corrected chi connectivity index (χ4v) is 1.16. The van der Waals surface area contributed by atoms with E-state index in [4.69, 9.17) is 5.73 Å². The van der Waals surface area contributed by atoms with E-state index in [1.165, 1.54) is 6.08 Å². The molecule has 1 amide bonds. The molecule has 0 saturated carbocycles. The summed E-state index contributed by atoms with van der Waals surface area (Å²) < 4.78 is 25.6. The van der Waals surface area contributed by atoms with Crippen LogP contribution in [0, 0.1) is 5.92 Å². The van der Waals surface area contributed by atoms with Crippen LogP contribution in [0.5, 0.6) is 0 Å². The van der Waals surface area contributed by atoms with Crippen LogP contribution >= 0.6 is 0 Å². The van der Waals surface area contributed by atoms with E-state index in [0.717, 1.165) is 12.2 Å². The monoisotopic (exact) mass is 202 g/mol. The molecule has 78 valence electrons. The van der Waals surface area contributed by atoms with Gasteiger partial charge in [0.15, 0.2) is 0 Å². The maximum atomic E-state index is 13.1. The van der Waals surface area contributed by atoms with E-state index in [0.29, 0.717) is 13.1 Å². The van der Waals surface area contributed by atoms with Crippen molar-refractivity contribution >= 4 is 5.91 Å². The minimum Gasteiger partial charge on any atom is -0.354 e. The summed E-state index contributed by atoms with van der Waals surface area (Å²) in [5, 5.41) is 2.44. The lowest BCUT2D eigenvalue weighted by molar-refractivity contribution is -0.124. The molecule has 0 aromatic heterocycles. The molecule has 0 radical (unpaired) electrons. The maximum Gasteiger partial charge on any atom is 0.230 e. The lowest BCUT2D eigenvalue weighted by Gasteiger charge is -2.17. The van der Waals surface area contributed by atoms with Gasteiger partial charge in [0, 0.05) is 13.1 Å². The first kappa shape index (κ1) is 10.8. The number of allylic oxidation sites excluding steroid dienone is 3. The Hall–Kier alpha value is -1.23. The average Bonchev–Trinajstić information content (AvgIpc) is 2.14. The van der Waals surface area contributed by atoms with Crippen molar-refractivity contribution in [3.05, 3.63) is 24.1 Å². The van der Waals surface area contributed by atoms with Crippen molar-refractivity contribution in [3.8, 4) is 0 Å². The van der Waals surface area contributed by atoms with Gasteiger partial charge in [0.05, 0.1) is 5.92 Å². The lowest BCUT2D eigenvalue weighted by Crippen LogP contribution is -2.37. The van der Waals surface area contributed by atoms with Gasteiger partial charge >= 0.3 is 0 Å². The summed E-state index contributed by atoms with van der Waals surface area (Å²) in [6, 6.07) is 0. The summed E-state index contributed by atoms with van der Waals surface area (Å²) in [5.74, 6) is -2.07. The number of halogens is 2. The van der Waals surface area contributed by atoms with Gasteiger partial charge in [-0.15, -0.1) is 0 Å². The van der Waals surface area contributed by atoms with Crippen molar-refractivity contribution < 1.29 is 13.6 Å². The SMILES string of the molecule is NCCNC(=O)C1C=CC(F)=CC1F. The van der Waals surface area contributed by atoms with Crippen LogP contribution in [-0.2, 0) is 4.79 Å². The third-order valence-corrected chi connectivity index (χ3v) is 1.87. The topological polar surface area (TPSA) is 55.1 Å². The van der Waals surface area contributed by atoms with Crippen LogP contribution in [0.15, 0.2) is 24.1 Å². The van der Waals surface area contributed by atoms with Gasteiger partial charge in [0.25, 0.3) is 0 Å². The number of rotatable bonds is 3. The van der Waals surface area contributed by atoms with E-state index in [1.54, 1.807) is 0 Å². The molecule has 0 fully saturated rings. The summed E-state index contributed by atoms with van der Waals surface area (Å²) in [6.45, 7) is 0.589. The number of nitrogens with two attached hydrogens (primary N) is 1. The molecule has 0 aliphatic heterocycles. The fourth-order valence-electron chi connectivity index (χ4n) is 1.16. The second kappa shape index (κ2) is 4.85. The molecule has 0 saturated heterocycles. The zero-order valence-corrected chi connectivity index (χ0v) is 7.54. The van der Waals surface area contributed by atoms with E-state index in [-0.39, 0.29) is 0 Å². The van der Waals surface area contributed by atoms with Crippen LogP contribution in [0.25, 0.3) is 0 Å². The van der Waals surface area contributed by atoms with Crippen molar-refractivity contribution in [2.45, 2.75) is 6.17 Å². The van der Waals surface area contributed by atoms with Gasteiger partial charge in [0.2, 0.25) is 5.91 Å². The third-order valence-electron chi connectivity index (χ3n) is 1.87. The summed E-state index contributed by atoms with van der Waals surface area (Å²) in [5.41, 5.74) is 5.16. The van der Waals surface area contributed by atoms with Gasteiger partial charge in [-0.2, -0.15) is 0 Å². The van der Waals surface area contributed by atoms with E-state index in [2.05, 4.69) is 5.32 Å². The smallest absolute Gasteiger partial charge is 0.230 e. The Morgan fingerprint density at radius 3 is 2.93 bits per heavy atom. The lowest BCUT2D eigenvalue weighted by atomic mass is 9.97. The molecule has 0 aromatic carbocycles. The second-order valence-corrected chi connectivity index (χ2v) is 2.96.